The maximum absolute atomic E-state index is 6.08. The summed E-state index contributed by atoms with van der Waals surface area (Å²) < 4.78 is 5.53. The Labute approximate surface area is 112 Å². The molecule has 1 aromatic heterocycles. The van der Waals surface area contributed by atoms with Gasteiger partial charge in [0.05, 0.1) is 29.8 Å². The average molecular weight is 258 g/mol. The third kappa shape index (κ3) is 2.10. The summed E-state index contributed by atoms with van der Waals surface area (Å²) in [5.41, 5.74) is 7.66. The summed E-state index contributed by atoms with van der Waals surface area (Å²) in [5.74, 6) is 1.24. The number of benzene rings is 1. The largest absolute Gasteiger partial charge is 0.381 e. The van der Waals surface area contributed by atoms with E-state index in [1.54, 1.807) is 0 Å². The van der Waals surface area contributed by atoms with Gasteiger partial charge in [0.1, 0.15) is 0 Å². The predicted molar refractivity (Wildman–Crippen MR) is 76.2 cm³/mol. The zero-order valence-electron chi connectivity index (χ0n) is 11.3. The smallest absolute Gasteiger partial charge is 0.172 e. The molecule has 1 aliphatic rings. The van der Waals surface area contributed by atoms with Gasteiger partial charge in [-0.05, 0) is 26.0 Å². The van der Waals surface area contributed by atoms with Crippen LogP contribution in [0.1, 0.15) is 13.8 Å². The fourth-order valence-corrected chi connectivity index (χ4v) is 2.45. The van der Waals surface area contributed by atoms with Crippen LogP contribution < -0.4 is 10.6 Å². The van der Waals surface area contributed by atoms with Crippen LogP contribution in [0.15, 0.2) is 24.3 Å². The van der Waals surface area contributed by atoms with Gasteiger partial charge in [-0.15, -0.1) is 0 Å². The van der Waals surface area contributed by atoms with E-state index in [1.807, 2.05) is 24.3 Å². The van der Waals surface area contributed by atoms with E-state index >= 15 is 0 Å². The number of morpholine rings is 1. The Bertz CT molecular complexity index is 611. The second-order valence-electron chi connectivity index (χ2n) is 5.44. The molecule has 3 rings (SSSR count). The SMILES string of the molecule is CC1(C)COCCN1c1nc2ccccc2nc1N. The van der Waals surface area contributed by atoms with Crippen LogP contribution in [0.2, 0.25) is 0 Å². The van der Waals surface area contributed by atoms with E-state index in [-0.39, 0.29) is 5.54 Å². The molecule has 0 aliphatic carbocycles. The van der Waals surface area contributed by atoms with Crippen LogP contribution in [-0.4, -0.2) is 35.3 Å². The highest BCUT2D eigenvalue weighted by Gasteiger charge is 2.33. The molecule has 0 atom stereocenters. The number of ether oxygens (including phenoxy) is 1. The number of anilines is 2. The summed E-state index contributed by atoms with van der Waals surface area (Å²) in [5, 5.41) is 0. The van der Waals surface area contributed by atoms with Gasteiger partial charge in [0.15, 0.2) is 11.6 Å². The standard InChI is InChI=1S/C14H18N4O/c1-14(2)9-19-8-7-18(14)13-12(15)16-10-5-3-4-6-11(10)17-13/h3-6H,7-9H2,1-2H3,(H2,15,16). The molecule has 0 amide bonds. The molecule has 1 aliphatic heterocycles. The van der Waals surface area contributed by atoms with Crippen molar-refractivity contribution in [3.05, 3.63) is 24.3 Å². The number of nitrogen functional groups attached to an aromatic ring is 1. The lowest BCUT2D eigenvalue weighted by Crippen LogP contribution is -2.53. The first-order chi connectivity index (χ1) is 9.08. The van der Waals surface area contributed by atoms with E-state index in [4.69, 9.17) is 10.5 Å². The van der Waals surface area contributed by atoms with Gasteiger partial charge in [-0.1, -0.05) is 12.1 Å². The summed E-state index contributed by atoms with van der Waals surface area (Å²) >= 11 is 0. The molecule has 0 spiro atoms. The molecule has 1 fully saturated rings. The average Bonchev–Trinajstić information content (AvgIpc) is 2.38. The van der Waals surface area contributed by atoms with Crippen molar-refractivity contribution in [2.75, 3.05) is 30.4 Å². The molecule has 1 saturated heterocycles. The lowest BCUT2D eigenvalue weighted by molar-refractivity contribution is 0.0640. The van der Waals surface area contributed by atoms with Gasteiger partial charge in [0.2, 0.25) is 0 Å². The normalized spacial score (nSPS) is 18.7. The third-order valence-electron chi connectivity index (χ3n) is 3.48. The maximum atomic E-state index is 6.08. The third-order valence-corrected chi connectivity index (χ3v) is 3.48. The van der Waals surface area contributed by atoms with Gasteiger partial charge in [0.25, 0.3) is 0 Å². The summed E-state index contributed by atoms with van der Waals surface area (Å²) in [6, 6.07) is 7.78. The van der Waals surface area contributed by atoms with Crippen molar-refractivity contribution in [2.24, 2.45) is 0 Å². The first kappa shape index (κ1) is 12.2. The number of fused-ring (bicyclic) bond motifs is 1. The molecule has 0 saturated carbocycles. The van der Waals surface area contributed by atoms with Gasteiger partial charge in [-0.2, -0.15) is 0 Å². The monoisotopic (exact) mass is 258 g/mol. The van der Waals surface area contributed by atoms with Crippen LogP contribution in [0.25, 0.3) is 11.0 Å². The van der Waals surface area contributed by atoms with Crippen LogP contribution >= 0.6 is 0 Å². The number of nitrogens with zero attached hydrogens (tertiary/aromatic N) is 3. The second-order valence-corrected chi connectivity index (χ2v) is 5.44. The quantitative estimate of drug-likeness (QED) is 0.845. The van der Waals surface area contributed by atoms with Gasteiger partial charge in [-0.3, -0.25) is 0 Å². The number of rotatable bonds is 1. The number of para-hydroxylation sites is 2. The highest BCUT2D eigenvalue weighted by atomic mass is 16.5. The number of hydrogen-bond donors (Lipinski definition) is 1. The Balaban J connectivity index is 2.11. The minimum atomic E-state index is -0.122. The minimum absolute atomic E-state index is 0.122. The molecule has 0 bridgehead atoms. The molecule has 2 heterocycles. The van der Waals surface area contributed by atoms with Crippen molar-refractivity contribution < 1.29 is 4.74 Å². The minimum Gasteiger partial charge on any atom is -0.381 e. The Kier molecular flexibility index (Phi) is 2.78. The van der Waals surface area contributed by atoms with Crippen LogP contribution in [-0.2, 0) is 4.74 Å². The molecular formula is C14H18N4O. The summed E-state index contributed by atoms with van der Waals surface area (Å²) in [6.07, 6.45) is 0. The van der Waals surface area contributed by atoms with E-state index in [9.17, 15) is 0 Å². The highest BCUT2D eigenvalue weighted by Crippen LogP contribution is 2.30. The molecule has 100 valence electrons. The number of aromatic nitrogens is 2. The van der Waals surface area contributed by atoms with Crippen molar-refractivity contribution in [2.45, 2.75) is 19.4 Å². The molecule has 2 N–H and O–H groups in total. The zero-order chi connectivity index (χ0) is 13.5. The Morgan fingerprint density at radius 2 is 1.89 bits per heavy atom. The Morgan fingerprint density at radius 1 is 1.21 bits per heavy atom. The maximum Gasteiger partial charge on any atom is 0.172 e. The first-order valence-electron chi connectivity index (χ1n) is 6.45. The van der Waals surface area contributed by atoms with Crippen molar-refractivity contribution in [1.82, 2.24) is 9.97 Å². The van der Waals surface area contributed by atoms with E-state index in [0.29, 0.717) is 19.0 Å². The van der Waals surface area contributed by atoms with E-state index in [1.165, 1.54) is 0 Å². The summed E-state index contributed by atoms with van der Waals surface area (Å²) in [6.45, 7) is 6.40. The molecule has 19 heavy (non-hydrogen) atoms. The van der Waals surface area contributed by atoms with Crippen LogP contribution in [0.5, 0.6) is 0 Å². The van der Waals surface area contributed by atoms with E-state index in [0.717, 1.165) is 23.4 Å². The predicted octanol–water partition coefficient (Wildman–Crippen LogP) is 1.83. The fraction of sp³-hybridized carbons (Fsp3) is 0.429. The zero-order valence-corrected chi connectivity index (χ0v) is 11.3. The molecule has 0 radical (unpaired) electrons. The Hall–Kier alpha value is -1.88. The molecule has 1 aromatic carbocycles. The van der Waals surface area contributed by atoms with Crippen LogP contribution in [0.4, 0.5) is 11.6 Å². The molecular weight excluding hydrogens is 240 g/mol. The van der Waals surface area contributed by atoms with Crippen molar-refractivity contribution >= 4 is 22.7 Å². The number of hydrogen-bond acceptors (Lipinski definition) is 5. The lowest BCUT2D eigenvalue weighted by atomic mass is 10.0. The van der Waals surface area contributed by atoms with E-state index in [2.05, 4.69) is 28.7 Å². The topological polar surface area (TPSA) is 64.3 Å². The summed E-state index contributed by atoms with van der Waals surface area (Å²) in [7, 11) is 0. The van der Waals surface area contributed by atoms with Gasteiger partial charge in [0, 0.05) is 6.54 Å². The highest BCUT2D eigenvalue weighted by molar-refractivity contribution is 5.80. The van der Waals surface area contributed by atoms with Crippen LogP contribution in [0, 0.1) is 0 Å². The first-order valence-corrected chi connectivity index (χ1v) is 6.45. The molecule has 5 nitrogen and oxygen atoms in total. The van der Waals surface area contributed by atoms with Gasteiger partial charge in [-0.25, -0.2) is 9.97 Å². The molecule has 0 unspecified atom stereocenters. The van der Waals surface area contributed by atoms with Crippen molar-refractivity contribution in [3.63, 3.8) is 0 Å². The van der Waals surface area contributed by atoms with Crippen molar-refractivity contribution in [3.8, 4) is 0 Å². The van der Waals surface area contributed by atoms with Gasteiger partial charge < -0.3 is 15.4 Å². The number of nitrogens with two attached hydrogens (primary N) is 1. The summed E-state index contributed by atoms with van der Waals surface area (Å²) in [4.78, 5) is 11.3. The van der Waals surface area contributed by atoms with Crippen LogP contribution in [0.3, 0.4) is 0 Å². The molecule has 5 heteroatoms. The second kappa shape index (κ2) is 4.35. The van der Waals surface area contributed by atoms with Gasteiger partial charge >= 0.3 is 0 Å². The fourth-order valence-electron chi connectivity index (χ4n) is 2.45. The lowest BCUT2D eigenvalue weighted by Gasteiger charge is -2.43. The Morgan fingerprint density at radius 3 is 2.58 bits per heavy atom. The molecule has 2 aromatic rings. The van der Waals surface area contributed by atoms with E-state index < -0.39 is 0 Å². The van der Waals surface area contributed by atoms with Crippen molar-refractivity contribution in [1.29, 1.82) is 0 Å².